The molecule has 0 aliphatic carbocycles. The minimum Gasteiger partial charge on any atom is -0.481 e. The number of pyridine rings is 2. The third-order valence-corrected chi connectivity index (χ3v) is 2.30. The zero-order valence-corrected chi connectivity index (χ0v) is 8.90. The Balaban J connectivity index is 2.72. The number of allylic oxidation sites excluding steroid dienone is 1. The van der Waals surface area contributed by atoms with Gasteiger partial charge in [0.15, 0.2) is 0 Å². The van der Waals surface area contributed by atoms with Gasteiger partial charge in [0.1, 0.15) is 5.82 Å². The SMILES string of the molecule is C=CCc1c(F)cnc2ccc(OC)nc12. The van der Waals surface area contributed by atoms with E-state index in [2.05, 4.69) is 16.5 Å². The monoisotopic (exact) mass is 218 g/mol. The van der Waals surface area contributed by atoms with Crippen molar-refractivity contribution < 1.29 is 9.13 Å². The maximum Gasteiger partial charge on any atom is 0.213 e. The van der Waals surface area contributed by atoms with Crippen LogP contribution in [0.15, 0.2) is 31.0 Å². The van der Waals surface area contributed by atoms with Crippen LogP contribution in [0.1, 0.15) is 5.56 Å². The molecule has 0 unspecified atom stereocenters. The zero-order chi connectivity index (χ0) is 11.5. The van der Waals surface area contributed by atoms with Gasteiger partial charge in [-0.25, -0.2) is 9.37 Å². The fraction of sp³-hybridized carbons (Fsp3) is 0.167. The number of hydrogen-bond donors (Lipinski definition) is 0. The molecular formula is C12H11FN2O. The van der Waals surface area contributed by atoms with Gasteiger partial charge in [-0.05, 0) is 12.5 Å². The summed E-state index contributed by atoms with van der Waals surface area (Å²) in [5.41, 5.74) is 1.68. The summed E-state index contributed by atoms with van der Waals surface area (Å²) in [5, 5.41) is 0. The summed E-state index contributed by atoms with van der Waals surface area (Å²) in [6.45, 7) is 3.60. The Hall–Kier alpha value is -1.97. The molecule has 2 aromatic heterocycles. The molecule has 0 aliphatic rings. The molecule has 0 saturated carbocycles. The highest BCUT2D eigenvalue weighted by Gasteiger charge is 2.09. The number of aromatic nitrogens is 2. The first-order valence-electron chi connectivity index (χ1n) is 4.85. The van der Waals surface area contributed by atoms with Crippen molar-refractivity contribution >= 4 is 11.0 Å². The van der Waals surface area contributed by atoms with Crippen molar-refractivity contribution in [3.05, 3.63) is 42.4 Å². The molecule has 2 rings (SSSR count). The first-order chi connectivity index (χ1) is 7.76. The lowest BCUT2D eigenvalue weighted by molar-refractivity contribution is 0.399. The van der Waals surface area contributed by atoms with E-state index in [1.807, 2.05) is 0 Å². The second kappa shape index (κ2) is 4.26. The molecule has 0 atom stereocenters. The van der Waals surface area contributed by atoms with Crippen molar-refractivity contribution in [2.75, 3.05) is 7.11 Å². The average molecular weight is 218 g/mol. The largest absolute Gasteiger partial charge is 0.481 e. The Morgan fingerprint density at radius 2 is 2.31 bits per heavy atom. The summed E-state index contributed by atoms with van der Waals surface area (Å²) in [4.78, 5) is 8.17. The summed E-state index contributed by atoms with van der Waals surface area (Å²) in [7, 11) is 1.52. The molecule has 2 heterocycles. The zero-order valence-electron chi connectivity index (χ0n) is 8.90. The lowest BCUT2D eigenvalue weighted by atomic mass is 10.1. The van der Waals surface area contributed by atoms with Crippen LogP contribution >= 0.6 is 0 Å². The van der Waals surface area contributed by atoms with Crippen LogP contribution in [0.25, 0.3) is 11.0 Å². The van der Waals surface area contributed by atoms with Crippen molar-refractivity contribution in [3.63, 3.8) is 0 Å². The lowest BCUT2D eigenvalue weighted by Gasteiger charge is -2.06. The topological polar surface area (TPSA) is 35.0 Å². The van der Waals surface area contributed by atoms with Crippen LogP contribution in [0.5, 0.6) is 5.88 Å². The first-order valence-corrected chi connectivity index (χ1v) is 4.85. The van der Waals surface area contributed by atoms with E-state index >= 15 is 0 Å². The highest BCUT2D eigenvalue weighted by Crippen LogP contribution is 2.21. The number of rotatable bonds is 3. The molecule has 4 heteroatoms. The number of ether oxygens (including phenoxy) is 1. The van der Waals surface area contributed by atoms with Crippen molar-refractivity contribution in [1.82, 2.24) is 9.97 Å². The van der Waals surface area contributed by atoms with Gasteiger partial charge < -0.3 is 4.74 Å². The third kappa shape index (κ3) is 1.74. The Bertz CT molecular complexity index is 540. The van der Waals surface area contributed by atoms with Gasteiger partial charge >= 0.3 is 0 Å². The Labute approximate surface area is 92.6 Å². The van der Waals surface area contributed by atoms with Crippen molar-refractivity contribution in [2.45, 2.75) is 6.42 Å². The van der Waals surface area contributed by atoms with Gasteiger partial charge in [-0.2, -0.15) is 0 Å². The smallest absolute Gasteiger partial charge is 0.213 e. The predicted octanol–water partition coefficient (Wildman–Crippen LogP) is 2.51. The molecule has 0 radical (unpaired) electrons. The van der Waals surface area contributed by atoms with Gasteiger partial charge in [-0.15, -0.1) is 6.58 Å². The van der Waals surface area contributed by atoms with Gasteiger partial charge in [0.05, 0.1) is 24.3 Å². The maximum absolute atomic E-state index is 13.6. The Kier molecular flexibility index (Phi) is 2.81. The van der Waals surface area contributed by atoms with Gasteiger partial charge in [0.25, 0.3) is 0 Å². The molecule has 0 bridgehead atoms. The first kappa shape index (κ1) is 10.5. The van der Waals surface area contributed by atoms with Gasteiger partial charge in [0.2, 0.25) is 5.88 Å². The summed E-state index contributed by atoms with van der Waals surface area (Å²) in [6.07, 6.45) is 3.26. The van der Waals surface area contributed by atoms with Crippen LogP contribution in [-0.4, -0.2) is 17.1 Å². The number of methoxy groups -OCH3 is 1. The van der Waals surface area contributed by atoms with Crippen LogP contribution in [0.2, 0.25) is 0 Å². The van der Waals surface area contributed by atoms with Crippen LogP contribution in [0.4, 0.5) is 4.39 Å². The molecule has 2 aromatic rings. The van der Waals surface area contributed by atoms with Crippen molar-refractivity contribution in [3.8, 4) is 5.88 Å². The molecule has 0 amide bonds. The number of hydrogen-bond acceptors (Lipinski definition) is 3. The van der Waals surface area contributed by atoms with E-state index in [0.717, 1.165) is 0 Å². The fourth-order valence-electron chi connectivity index (χ4n) is 1.53. The number of fused-ring (bicyclic) bond motifs is 1. The summed E-state index contributed by atoms with van der Waals surface area (Å²) < 4.78 is 18.6. The molecule has 0 N–H and O–H groups in total. The molecule has 0 aliphatic heterocycles. The molecule has 0 aromatic carbocycles. The van der Waals surface area contributed by atoms with E-state index in [1.54, 1.807) is 18.2 Å². The molecule has 0 fully saturated rings. The predicted molar refractivity (Wildman–Crippen MR) is 59.9 cm³/mol. The van der Waals surface area contributed by atoms with Crippen LogP contribution in [0.3, 0.4) is 0 Å². The Morgan fingerprint density at radius 1 is 1.50 bits per heavy atom. The van der Waals surface area contributed by atoms with E-state index in [4.69, 9.17) is 4.74 Å². The summed E-state index contributed by atoms with van der Waals surface area (Å²) in [5.74, 6) is 0.0818. The van der Waals surface area contributed by atoms with Crippen LogP contribution < -0.4 is 4.74 Å². The highest BCUT2D eigenvalue weighted by atomic mass is 19.1. The van der Waals surface area contributed by atoms with E-state index in [-0.39, 0.29) is 5.82 Å². The molecule has 0 spiro atoms. The van der Waals surface area contributed by atoms with Crippen LogP contribution in [0, 0.1) is 5.82 Å². The maximum atomic E-state index is 13.6. The number of nitrogens with zero attached hydrogens (tertiary/aromatic N) is 2. The van der Waals surface area contributed by atoms with Gasteiger partial charge in [-0.1, -0.05) is 6.08 Å². The normalized spacial score (nSPS) is 10.4. The highest BCUT2D eigenvalue weighted by molar-refractivity contribution is 5.78. The summed E-state index contributed by atoms with van der Waals surface area (Å²) in [6, 6.07) is 3.46. The average Bonchev–Trinajstić information content (AvgIpc) is 2.32. The minimum absolute atomic E-state index is 0.367. The van der Waals surface area contributed by atoms with E-state index in [1.165, 1.54) is 13.3 Å². The van der Waals surface area contributed by atoms with Crippen molar-refractivity contribution in [2.24, 2.45) is 0 Å². The second-order valence-electron chi connectivity index (χ2n) is 3.30. The quantitative estimate of drug-likeness (QED) is 0.742. The molecule has 82 valence electrons. The van der Waals surface area contributed by atoms with E-state index in [0.29, 0.717) is 28.9 Å². The lowest BCUT2D eigenvalue weighted by Crippen LogP contribution is -1.97. The van der Waals surface area contributed by atoms with E-state index < -0.39 is 0 Å². The standard InChI is InChI=1S/C12H11FN2O/c1-3-4-8-9(13)7-14-10-5-6-11(16-2)15-12(8)10/h3,5-7H,1,4H2,2H3. The molecule has 3 nitrogen and oxygen atoms in total. The second-order valence-corrected chi connectivity index (χ2v) is 3.30. The minimum atomic E-state index is -0.367. The molecule has 0 saturated heterocycles. The van der Waals surface area contributed by atoms with Gasteiger partial charge in [0, 0.05) is 11.6 Å². The fourth-order valence-corrected chi connectivity index (χ4v) is 1.53. The molecular weight excluding hydrogens is 207 g/mol. The van der Waals surface area contributed by atoms with Gasteiger partial charge in [-0.3, -0.25) is 4.98 Å². The Morgan fingerprint density at radius 3 is 3.00 bits per heavy atom. The summed E-state index contributed by atoms with van der Waals surface area (Å²) >= 11 is 0. The molecule has 16 heavy (non-hydrogen) atoms. The third-order valence-electron chi connectivity index (χ3n) is 2.30. The van der Waals surface area contributed by atoms with Crippen molar-refractivity contribution in [1.29, 1.82) is 0 Å². The number of halogens is 1. The van der Waals surface area contributed by atoms with Crippen LogP contribution in [-0.2, 0) is 6.42 Å². The van der Waals surface area contributed by atoms with E-state index in [9.17, 15) is 4.39 Å².